The summed E-state index contributed by atoms with van der Waals surface area (Å²) in [6.07, 6.45) is 8.74. The maximum absolute atomic E-state index is 11.9. The summed E-state index contributed by atoms with van der Waals surface area (Å²) >= 11 is 0. The quantitative estimate of drug-likeness (QED) is 0.670. The van der Waals surface area contributed by atoms with Crippen molar-refractivity contribution in [3.63, 3.8) is 0 Å². The van der Waals surface area contributed by atoms with Gasteiger partial charge in [0.15, 0.2) is 0 Å². The molecule has 1 aliphatic rings. The number of carbonyl (C=O) groups excluding carboxylic acids is 1. The molecule has 1 fully saturated rings. The Balaban J connectivity index is 2.41. The first-order valence-electron chi connectivity index (χ1n) is 6.05. The van der Waals surface area contributed by atoms with E-state index in [1.54, 1.807) is 0 Å². The second-order valence-corrected chi connectivity index (χ2v) is 4.84. The fraction of sp³-hybridized carbons (Fsp3) is 0.769. The van der Waals surface area contributed by atoms with Crippen molar-refractivity contribution in [1.29, 1.82) is 0 Å². The zero-order valence-corrected chi connectivity index (χ0v) is 10.1. The molecule has 1 saturated carbocycles. The zero-order valence-electron chi connectivity index (χ0n) is 10.1. The van der Waals surface area contributed by atoms with Gasteiger partial charge in [0, 0.05) is 12.0 Å². The van der Waals surface area contributed by atoms with Gasteiger partial charge in [-0.25, -0.2) is 0 Å². The lowest BCUT2D eigenvalue weighted by atomic mass is 9.97. The molecule has 0 aromatic carbocycles. The monoisotopic (exact) mass is 209 g/mol. The van der Waals surface area contributed by atoms with E-state index in [9.17, 15) is 4.79 Å². The van der Waals surface area contributed by atoms with E-state index in [1.165, 1.54) is 12.8 Å². The van der Waals surface area contributed by atoms with Crippen molar-refractivity contribution in [2.75, 3.05) is 0 Å². The van der Waals surface area contributed by atoms with Crippen LogP contribution in [0, 0.1) is 11.8 Å². The van der Waals surface area contributed by atoms with Crippen molar-refractivity contribution in [2.24, 2.45) is 11.8 Å². The van der Waals surface area contributed by atoms with Crippen LogP contribution in [0.4, 0.5) is 0 Å². The summed E-state index contributed by atoms with van der Waals surface area (Å²) in [4.78, 5) is 11.9. The molecule has 0 aromatic rings. The van der Waals surface area contributed by atoms with Crippen LogP contribution in [0.15, 0.2) is 12.2 Å². The van der Waals surface area contributed by atoms with E-state index >= 15 is 0 Å². The van der Waals surface area contributed by atoms with E-state index in [4.69, 9.17) is 0 Å². The number of hydrogen-bond acceptors (Lipinski definition) is 1. The van der Waals surface area contributed by atoms with Gasteiger partial charge in [0.2, 0.25) is 5.91 Å². The normalized spacial score (nSPS) is 18.4. The highest BCUT2D eigenvalue weighted by Crippen LogP contribution is 2.36. The fourth-order valence-electron chi connectivity index (χ4n) is 1.77. The van der Waals surface area contributed by atoms with Crippen molar-refractivity contribution in [3.05, 3.63) is 12.2 Å². The first-order valence-corrected chi connectivity index (χ1v) is 6.05. The van der Waals surface area contributed by atoms with Gasteiger partial charge in [-0.05, 0) is 39.5 Å². The third kappa shape index (κ3) is 5.01. The van der Waals surface area contributed by atoms with Gasteiger partial charge in [0.1, 0.15) is 0 Å². The summed E-state index contributed by atoms with van der Waals surface area (Å²) in [5, 5.41) is 3.01. The van der Waals surface area contributed by atoms with Crippen molar-refractivity contribution < 1.29 is 4.79 Å². The minimum Gasteiger partial charge on any atom is -0.354 e. The van der Waals surface area contributed by atoms with E-state index in [1.807, 2.05) is 26.8 Å². The fourth-order valence-corrected chi connectivity index (χ4v) is 1.77. The molecular formula is C13H23NO. The number of amides is 1. The van der Waals surface area contributed by atoms with Crippen molar-refractivity contribution in [1.82, 2.24) is 5.32 Å². The number of allylic oxidation sites excluding steroid dienone is 2. The summed E-state index contributed by atoms with van der Waals surface area (Å²) in [6, 6.07) is 0.254. The molecule has 0 aromatic heterocycles. The average Bonchev–Trinajstić information content (AvgIpc) is 2.94. The molecule has 1 N–H and O–H groups in total. The number of carbonyl (C=O) groups is 1. The molecular weight excluding hydrogens is 186 g/mol. The molecule has 0 aliphatic heterocycles. The summed E-state index contributed by atoms with van der Waals surface area (Å²) in [5.74, 6) is 1.24. The summed E-state index contributed by atoms with van der Waals surface area (Å²) in [7, 11) is 0. The Morgan fingerprint density at radius 1 is 1.47 bits per heavy atom. The molecule has 1 atom stereocenters. The molecule has 0 saturated heterocycles. The molecule has 1 amide bonds. The Bertz CT molecular complexity index is 229. The van der Waals surface area contributed by atoms with Crippen molar-refractivity contribution in [3.8, 4) is 0 Å². The minimum atomic E-state index is 0.191. The average molecular weight is 209 g/mol. The molecule has 0 bridgehead atoms. The molecule has 1 aliphatic carbocycles. The highest BCUT2D eigenvalue weighted by Gasteiger charge is 2.28. The molecule has 1 rings (SSSR count). The van der Waals surface area contributed by atoms with Crippen LogP contribution < -0.4 is 5.32 Å². The third-order valence-corrected chi connectivity index (χ3v) is 2.77. The van der Waals surface area contributed by atoms with Crippen LogP contribution >= 0.6 is 0 Å². The summed E-state index contributed by atoms with van der Waals surface area (Å²) < 4.78 is 0. The predicted octanol–water partition coefficient (Wildman–Crippen LogP) is 2.89. The van der Waals surface area contributed by atoms with Crippen LogP contribution in [-0.4, -0.2) is 11.9 Å². The van der Waals surface area contributed by atoms with Crippen LogP contribution in [0.1, 0.15) is 46.5 Å². The Kier molecular flexibility index (Phi) is 4.86. The topological polar surface area (TPSA) is 29.1 Å². The molecule has 0 radical (unpaired) electrons. The predicted molar refractivity (Wildman–Crippen MR) is 63.5 cm³/mol. The smallest absolute Gasteiger partial charge is 0.223 e. The molecule has 15 heavy (non-hydrogen) atoms. The second kappa shape index (κ2) is 5.94. The third-order valence-electron chi connectivity index (χ3n) is 2.77. The Hall–Kier alpha value is -0.790. The van der Waals surface area contributed by atoms with E-state index in [2.05, 4.69) is 11.4 Å². The van der Waals surface area contributed by atoms with Crippen LogP contribution in [0.5, 0.6) is 0 Å². The molecule has 0 spiro atoms. The number of hydrogen-bond donors (Lipinski definition) is 1. The van der Waals surface area contributed by atoms with Gasteiger partial charge in [0.25, 0.3) is 0 Å². The van der Waals surface area contributed by atoms with Crippen LogP contribution in [0.2, 0.25) is 0 Å². The molecule has 1 unspecified atom stereocenters. The van der Waals surface area contributed by atoms with E-state index in [-0.39, 0.29) is 17.9 Å². The van der Waals surface area contributed by atoms with Gasteiger partial charge in [-0.15, -0.1) is 0 Å². The summed E-state index contributed by atoms with van der Waals surface area (Å²) in [6.45, 7) is 6.04. The Labute approximate surface area is 93.1 Å². The Morgan fingerprint density at radius 3 is 2.60 bits per heavy atom. The highest BCUT2D eigenvalue weighted by molar-refractivity contribution is 5.79. The second-order valence-electron chi connectivity index (χ2n) is 4.84. The molecule has 2 nitrogen and oxygen atoms in total. The lowest BCUT2D eigenvalue weighted by Crippen LogP contribution is -2.35. The lowest BCUT2D eigenvalue weighted by molar-refractivity contribution is -0.125. The van der Waals surface area contributed by atoms with Gasteiger partial charge >= 0.3 is 0 Å². The van der Waals surface area contributed by atoms with E-state index in [0.29, 0.717) is 0 Å². The number of nitrogens with one attached hydrogen (secondary N) is 1. The van der Waals surface area contributed by atoms with Gasteiger partial charge in [-0.2, -0.15) is 0 Å². The van der Waals surface area contributed by atoms with E-state index < -0.39 is 0 Å². The van der Waals surface area contributed by atoms with Crippen molar-refractivity contribution in [2.45, 2.75) is 52.5 Å². The largest absolute Gasteiger partial charge is 0.354 e. The van der Waals surface area contributed by atoms with Crippen LogP contribution in [0.3, 0.4) is 0 Å². The first-order chi connectivity index (χ1) is 7.13. The molecule has 0 heterocycles. The Morgan fingerprint density at radius 2 is 2.13 bits per heavy atom. The van der Waals surface area contributed by atoms with E-state index in [0.717, 1.165) is 18.8 Å². The molecule has 2 heteroatoms. The van der Waals surface area contributed by atoms with Crippen molar-refractivity contribution >= 4 is 5.91 Å². The zero-order chi connectivity index (χ0) is 11.3. The maximum Gasteiger partial charge on any atom is 0.223 e. The van der Waals surface area contributed by atoms with Gasteiger partial charge in [-0.1, -0.05) is 25.0 Å². The standard InChI is InChI=1S/C13H23NO/c1-4-5-6-12(9-11-7-8-11)13(15)14-10(2)3/h4-5,10-12H,6-9H2,1-3H3,(H,14,15)/b5-4+. The SMILES string of the molecule is C/C=C/CC(CC1CC1)C(=O)NC(C)C. The maximum atomic E-state index is 11.9. The van der Waals surface area contributed by atoms with Gasteiger partial charge in [-0.3, -0.25) is 4.79 Å². The minimum absolute atomic E-state index is 0.191. The molecule has 86 valence electrons. The highest BCUT2D eigenvalue weighted by atomic mass is 16.1. The lowest BCUT2D eigenvalue weighted by Gasteiger charge is -2.16. The first kappa shape index (κ1) is 12.3. The van der Waals surface area contributed by atoms with Crippen LogP contribution in [0.25, 0.3) is 0 Å². The summed E-state index contributed by atoms with van der Waals surface area (Å²) in [5.41, 5.74) is 0. The van der Waals surface area contributed by atoms with Gasteiger partial charge < -0.3 is 5.32 Å². The number of rotatable bonds is 6. The van der Waals surface area contributed by atoms with Crippen LogP contribution in [-0.2, 0) is 4.79 Å². The van der Waals surface area contributed by atoms with Gasteiger partial charge in [0.05, 0.1) is 0 Å².